The topological polar surface area (TPSA) is 134 Å². The van der Waals surface area contributed by atoms with Gasteiger partial charge in [-0.2, -0.15) is 0 Å². The minimum absolute atomic E-state index is 0.0704. The molecule has 1 aromatic heterocycles. The van der Waals surface area contributed by atoms with E-state index < -0.39 is 23.7 Å². The molecule has 0 bridgehead atoms. The number of nitrogens with zero attached hydrogens (tertiary/aromatic N) is 1. The molecule has 0 aliphatic heterocycles. The van der Waals surface area contributed by atoms with Crippen LogP contribution in [0.15, 0.2) is 79.0 Å². The van der Waals surface area contributed by atoms with Crippen molar-refractivity contribution in [2.45, 2.75) is 71.1 Å². The Morgan fingerprint density at radius 3 is 2.37 bits per heavy atom. The molecule has 3 unspecified atom stereocenters. The molecule has 11 nitrogen and oxygen atoms in total. The van der Waals surface area contributed by atoms with E-state index >= 15 is 0 Å². The second kappa shape index (κ2) is 15.7. The van der Waals surface area contributed by atoms with Crippen LogP contribution in [0.2, 0.25) is 0 Å². The van der Waals surface area contributed by atoms with Gasteiger partial charge in [0, 0.05) is 35.3 Å². The van der Waals surface area contributed by atoms with E-state index in [1.54, 1.807) is 81.6 Å². The van der Waals surface area contributed by atoms with Gasteiger partial charge in [0.15, 0.2) is 11.5 Å². The van der Waals surface area contributed by atoms with E-state index in [2.05, 4.69) is 22.5 Å². The number of carbonyl (C=O) groups is 3. The quantitative estimate of drug-likeness (QED) is 0.146. The molecule has 3 atom stereocenters. The number of fused-ring (bicyclic) bond motifs is 1. The lowest BCUT2D eigenvalue weighted by Gasteiger charge is -2.25. The third-order valence-corrected chi connectivity index (χ3v) is 8.05. The van der Waals surface area contributed by atoms with Gasteiger partial charge in [-0.15, -0.1) is 0 Å². The number of ether oxygens (including phenoxy) is 5. The fraction of sp³-hybridized carbons (Fsp3) is 0.368. The summed E-state index contributed by atoms with van der Waals surface area (Å²) in [5.74, 6) is 1.49. The number of alkyl carbamates (subject to hydrolysis) is 1. The van der Waals surface area contributed by atoms with E-state index in [9.17, 15) is 14.4 Å². The molecular formula is C38H43N3O8. The Hall–Kier alpha value is -5.32. The van der Waals surface area contributed by atoms with Crippen molar-refractivity contribution < 1.29 is 38.1 Å². The number of pyridine rings is 1. The largest absolute Gasteiger partial charge is 0.493 e. The average molecular weight is 670 g/mol. The molecule has 4 aromatic rings. The second-order valence-electron chi connectivity index (χ2n) is 13.0. The number of methoxy groups -OCH3 is 1. The van der Waals surface area contributed by atoms with E-state index in [4.69, 9.17) is 23.7 Å². The van der Waals surface area contributed by atoms with Gasteiger partial charge < -0.3 is 34.3 Å². The lowest BCUT2D eigenvalue weighted by Crippen LogP contribution is -2.46. The van der Waals surface area contributed by atoms with Gasteiger partial charge in [0.1, 0.15) is 29.2 Å². The normalized spacial score (nSPS) is 16.3. The van der Waals surface area contributed by atoms with Gasteiger partial charge in [0.2, 0.25) is 0 Å². The van der Waals surface area contributed by atoms with Crippen LogP contribution in [0.25, 0.3) is 10.9 Å². The Labute approximate surface area is 286 Å². The number of anilines is 1. The molecule has 1 aliphatic carbocycles. The van der Waals surface area contributed by atoms with Crippen molar-refractivity contribution >= 4 is 34.6 Å². The molecule has 0 radical (unpaired) electrons. The lowest BCUT2D eigenvalue weighted by molar-refractivity contribution is -0.153. The van der Waals surface area contributed by atoms with Crippen LogP contribution in [0.1, 0.15) is 63.7 Å². The standard InChI is InChI=1S/C38H43N3O8/c1-24-10-9-13-31(24)48-36(43)29(41-37(44)49-38(2,3)4)19-21-46-34-23-30-28(22-33(34)45-5)32(18-20-39-30)47-27-16-14-26(15-17-27)40-35(42)25-11-7-6-8-12-25/h6-8,11-12,14-18,20,22-24,29,31H,9-10,13,19,21H2,1-5H3,(H,40,42)(H,41,44). The summed E-state index contributed by atoms with van der Waals surface area (Å²) in [6.45, 7) is 7.39. The highest BCUT2D eigenvalue weighted by molar-refractivity contribution is 6.04. The molecule has 258 valence electrons. The van der Waals surface area contributed by atoms with Crippen LogP contribution in [-0.2, 0) is 14.3 Å². The van der Waals surface area contributed by atoms with E-state index in [0.29, 0.717) is 45.2 Å². The second-order valence-corrected chi connectivity index (χ2v) is 13.0. The zero-order valence-corrected chi connectivity index (χ0v) is 28.5. The molecule has 1 aliphatic rings. The number of rotatable bonds is 12. The van der Waals surface area contributed by atoms with Crippen LogP contribution in [-0.4, -0.2) is 54.4 Å². The summed E-state index contributed by atoms with van der Waals surface area (Å²) in [5, 5.41) is 6.23. The Balaban J connectivity index is 1.26. The zero-order valence-electron chi connectivity index (χ0n) is 28.5. The number of benzene rings is 3. The van der Waals surface area contributed by atoms with Crippen molar-refractivity contribution in [2.24, 2.45) is 5.92 Å². The molecule has 1 fully saturated rings. The van der Waals surface area contributed by atoms with Gasteiger partial charge in [-0.05, 0) is 94.5 Å². The number of aromatic nitrogens is 1. The van der Waals surface area contributed by atoms with E-state index in [1.807, 2.05) is 18.2 Å². The van der Waals surface area contributed by atoms with Crippen molar-refractivity contribution in [1.82, 2.24) is 10.3 Å². The number of carbonyl (C=O) groups excluding carboxylic acids is 3. The Morgan fingerprint density at radius 1 is 0.939 bits per heavy atom. The molecule has 1 heterocycles. The highest BCUT2D eigenvalue weighted by atomic mass is 16.6. The summed E-state index contributed by atoms with van der Waals surface area (Å²) >= 11 is 0. The molecule has 2 N–H and O–H groups in total. The Kier molecular flexibility index (Phi) is 11.2. The predicted octanol–water partition coefficient (Wildman–Crippen LogP) is 7.68. The monoisotopic (exact) mass is 669 g/mol. The lowest BCUT2D eigenvalue weighted by atomic mass is 10.1. The number of esters is 1. The van der Waals surface area contributed by atoms with Crippen molar-refractivity contribution in [3.8, 4) is 23.0 Å². The smallest absolute Gasteiger partial charge is 0.408 e. The van der Waals surface area contributed by atoms with Gasteiger partial charge in [0.25, 0.3) is 5.91 Å². The van der Waals surface area contributed by atoms with E-state index in [1.165, 1.54) is 7.11 Å². The summed E-state index contributed by atoms with van der Waals surface area (Å²) in [6.07, 6.45) is 3.67. The number of nitrogens with one attached hydrogen (secondary N) is 2. The van der Waals surface area contributed by atoms with E-state index in [0.717, 1.165) is 19.3 Å². The molecule has 5 rings (SSSR count). The molecule has 2 amide bonds. The molecule has 3 aromatic carbocycles. The minimum atomic E-state index is -0.967. The van der Waals surface area contributed by atoms with Crippen molar-refractivity contribution in [2.75, 3.05) is 19.0 Å². The fourth-order valence-electron chi connectivity index (χ4n) is 5.52. The Morgan fingerprint density at radius 2 is 1.69 bits per heavy atom. The first kappa shape index (κ1) is 35.0. The maximum Gasteiger partial charge on any atom is 0.408 e. The van der Waals surface area contributed by atoms with Crippen molar-refractivity contribution in [3.63, 3.8) is 0 Å². The SMILES string of the molecule is COc1cc2c(Oc3ccc(NC(=O)c4ccccc4)cc3)ccnc2cc1OCCC(NC(=O)OC(C)(C)C)C(=O)OC1CCCC1C. The van der Waals surface area contributed by atoms with Crippen LogP contribution in [0.4, 0.5) is 10.5 Å². The number of hydrogen-bond acceptors (Lipinski definition) is 9. The first-order chi connectivity index (χ1) is 23.5. The molecular weight excluding hydrogens is 626 g/mol. The molecule has 49 heavy (non-hydrogen) atoms. The third-order valence-electron chi connectivity index (χ3n) is 8.05. The van der Waals surface area contributed by atoms with Crippen molar-refractivity contribution in [3.05, 3.63) is 84.6 Å². The minimum Gasteiger partial charge on any atom is -0.493 e. The van der Waals surface area contributed by atoms with E-state index in [-0.39, 0.29) is 31.0 Å². The van der Waals surface area contributed by atoms with Crippen molar-refractivity contribution in [1.29, 1.82) is 0 Å². The highest BCUT2D eigenvalue weighted by Crippen LogP contribution is 2.37. The van der Waals surface area contributed by atoms with Crippen LogP contribution in [0, 0.1) is 5.92 Å². The Bertz CT molecular complexity index is 1760. The highest BCUT2D eigenvalue weighted by Gasteiger charge is 2.32. The molecule has 0 saturated heterocycles. The summed E-state index contributed by atoms with van der Waals surface area (Å²) in [4.78, 5) is 42.8. The number of amides is 2. The number of hydrogen-bond donors (Lipinski definition) is 2. The van der Waals surface area contributed by atoms with Crippen LogP contribution < -0.4 is 24.8 Å². The molecule has 0 spiro atoms. The molecule has 1 saturated carbocycles. The summed E-state index contributed by atoms with van der Waals surface area (Å²) in [7, 11) is 1.53. The first-order valence-corrected chi connectivity index (χ1v) is 16.4. The predicted molar refractivity (Wildman–Crippen MR) is 185 cm³/mol. The molecule has 11 heteroatoms. The van der Waals surface area contributed by atoms with Gasteiger partial charge in [-0.3, -0.25) is 9.78 Å². The first-order valence-electron chi connectivity index (χ1n) is 16.4. The van der Waals surface area contributed by atoms with Gasteiger partial charge in [-0.1, -0.05) is 25.1 Å². The van der Waals surface area contributed by atoms with Crippen LogP contribution in [0.5, 0.6) is 23.0 Å². The fourth-order valence-corrected chi connectivity index (χ4v) is 5.52. The van der Waals surface area contributed by atoms with Gasteiger partial charge >= 0.3 is 12.1 Å². The average Bonchev–Trinajstić information content (AvgIpc) is 3.48. The third kappa shape index (κ3) is 9.62. The van der Waals surface area contributed by atoms with Crippen LogP contribution >= 0.6 is 0 Å². The maximum atomic E-state index is 13.2. The summed E-state index contributed by atoms with van der Waals surface area (Å²) in [5.41, 5.74) is 1.07. The summed E-state index contributed by atoms with van der Waals surface area (Å²) in [6, 6.07) is 20.3. The maximum absolute atomic E-state index is 13.2. The van der Waals surface area contributed by atoms with Crippen LogP contribution in [0.3, 0.4) is 0 Å². The summed E-state index contributed by atoms with van der Waals surface area (Å²) < 4.78 is 29.1. The van der Waals surface area contributed by atoms with Gasteiger partial charge in [-0.25, -0.2) is 9.59 Å². The zero-order chi connectivity index (χ0) is 35.0. The van der Waals surface area contributed by atoms with Gasteiger partial charge in [0.05, 0.1) is 19.2 Å².